The Morgan fingerprint density at radius 2 is 1.83 bits per heavy atom. The maximum atomic E-state index is 5.85. The van der Waals surface area contributed by atoms with Crippen LogP contribution in [0.3, 0.4) is 0 Å². The van der Waals surface area contributed by atoms with Crippen molar-refractivity contribution < 1.29 is 0 Å². The first-order valence-corrected chi connectivity index (χ1v) is 6.37. The molecule has 0 unspecified atom stereocenters. The minimum atomic E-state index is 0.776. The molecule has 0 aromatic heterocycles. The lowest BCUT2D eigenvalue weighted by Crippen LogP contribution is -2.06. The molecule has 0 amide bonds. The Kier molecular flexibility index (Phi) is 4.11. The lowest BCUT2D eigenvalue weighted by molar-refractivity contribution is 1.02. The van der Waals surface area contributed by atoms with Gasteiger partial charge in [-0.05, 0) is 48.7 Å². The van der Waals surface area contributed by atoms with Crippen LogP contribution in [-0.2, 0) is 6.42 Å². The van der Waals surface area contributed by atoms with E-state index in [1.165, 1.54) is 11.1 Å². The maximum Gasteiger partial charge on any atom is 0.0406 e. The summed E-state index contributed by atoms with van der Waals surface area (Å²) in [5.41, 5.74) is 10.1. The molecule has 94 valence electrons. The summed E-state index contributed by atoms with van der Waals surface area (Å²) in [4.78, 5) is 0. The predicted molar refractivity (Wildman–Crippen MR) is 79.2 cm³/mol. The van der Waals surface area contributed by atoms with Crippen molar-refractivity contribution in [3.05, 3.63) is 58.6 Å². The quantitative estimate of drug-likeness (QED) is 0.819. The number of nitrogens with one attached hydrogen (secondary N) is 1. The van der Waals surface area contributed by atoms with Gasteiger partial charge in [0, 0.05) is 22.9 Å². The van der Waals surface area contributed by atoms with Gasteiger partial charge in [-0.1, -0.05) is 29.8 Å². The first-order chi connectivity index (χ1) is 8.65. The molecule has 0 heterocycles. The molecule has 0 atom stereocenters. The third-order valence-corrected chi connectivity index (χ3v) is 3.16. The fourth-order valence-electron chi connectivity index (χ4n) is 1.82. The zero-order valence-electron chi connectivity index (χ0n) is 10.4. The molecule has 3 N–H and O–H groups in total. The van der Waals surface area contributed by atoms with Crippen LogP contribution in [0.5, 0.6) is 0 Å². The molecule has 0 aliphatic carbocycles. The average Bonchev–Trinajstić information content (AvgIpc) is 2.36. The minimum Gasteiger partial charge on any atom is -0.399 e. The molecule has 0 aliphatic heterocycles. The van der Waals surface area contributed by atoms with Crippen LogP contribution >= 0.6 is 11.6 Å². The summed E-state index contributed by atoms with van der Waals surface area (Å²) in [6, 6.07) is 13.9. The number of nitrogen functional groups attached to an aromatic ring is 1. The third kappa shape index (κ3) is 3.41. The topological polar surface area (TPSA) is 38.0 Å². The van der Waals surface area contributed by atoms with Crippen LogP contribution < -0.4 is 11.1 Å². The van der Waals surface area contributed by atoms with E-state index in [1.807, 2.05) is 30.3 Å². The van der Waals surface area contributed by atoms with Crippen LogP contribution in [0.15, 0.2) is 42.5 Å². The molecular formula is C15H17ClN2. The van der Waals surface area contributed by atoms with Crippen LogP contribution in [0.25, 0.3) is 0 Å². The van der Waals surface area contributed by atoms with E-state index in [9.17, 15) is 0 Å². The number of hydrogen-bond acceptors (Lipinski definition) is 2. The van der Waals surface area contributed by atoms with Crippen molar-refractivity contribution in [2.75, 3.05) is 17.6 Å². The molecule has 0 saturated carbocycles. The maximum absolute atomic E-state index is 5.85. The van der Waals surface area contributed by atoms with Crippen molar-refractivity contribution in [2.24, 2.45) is 0 Å². The van der Waals surface area contributed by atoms with Crippen molar-refractivity contribution in [1.82, 2.24) is 0 Å². The van der Waals surface area contributed by atoms with E-state index in [0.29, 0.717) is 0 Å². The van der Waals surface area contributed by atoms with E-state index in [4.69, 9.17) is 17.3 Å². The predicted octanol–water partition coefficient (Wildman–Crippen LogP) is 3.89. The van der Waals surface area contributed by atoms with Gasteiger partial charge >= 0.3 is 0 Å². The van der Waals surface area contributed by atoms with Gasteiger partial charge in [0.05, 0.1) is 0 Å². The largest absolute Gasteiger partial charge is 0.399 e. The van der Waals surface area contributed by atoms with Crippen LogP contribution in [0.2, 0.25) is 5.02 Å². The summed E-state index contributed by atoms with van der Waals surface area (Å²) in [7, 11) is 0. The van der Waals surface area contributed by atoms with Crippen LogP contribution in [0.1, 0.15) is 11.1 Å². The Bertz CT molecular complexity index is 521. The van der Waals surface area contributed by atoms with Crippen molar-refractivity contribution in [3.8, 4) is 0 Å². The lowest BCUT2D eigenvalue weighted by atomic mass is 10.1. The molecule has 0 aliphatic rings. The summed E-state index contributed by atoms with van der Waals surface area (Å²) in [6.45, 7) is 2.95. The second-order valence-electron chi connectivity index (χ2n) is 4.38. The van der Waals surface area contributed by atoms with Crippen molar-refractivity contribution >= 4 is 23.0 Å². The number of halogens is 1. The van der Waals surface area contributed by atoms with Crippen LogP contribution in [-0.4, -0.2) is 6.54 Å². The fraction of sp³-hybridized carbons (Fsp3) is 0.200. The van der Waals surface area contributed by atoms with E-state index in [2.05, 4.69) is 24.4 Å². The van der Waals surface area contributed by atoms with Gasteiger partial charge < -0.3 is 11.1 Å². The molecule has 2 nitrogen and oxygen atoms in total. The Morgan fingerprint density at radius 3 is 2.56 bits per heavy atom. The Hall–Kier alpha value is -1.67. The molecule has 18 heavy (non-hydrogen) atoms. The zero-order valence-corrected chi connectivity index (χ0v) is 11.2. The molecular weight excluding hydrogens is 244 g/mol. The van der Waals surface area contributed by atoms with Gasteiger partial charge in [0.1, 0.15) is 0 Å². The highest BCUT2D eigenvalue weighted by Crippen LogP contribution is 2.18. The molecule has 0 radical (unpaired) electrons. The summed E-state index contributed by atoms with van der Waals surface area (Å²) in [5.74, 6) is 0. The van der Waals surface area contributed by atoms with Crippen LogP contribution in [0, 0.1) is 6.92 Å². The standard InChI is InChI=1S/C15H17ClN2/c1-11-2-7-14(17)10-15(11)18-9-8-12-3-5-13(16)6-4-12/h2-7,10,18H,8-9,17H2,1H3. The highest BCUT2D eigenvalue weighted by Gasteiger charge is 1.99. The van der Waals surface area contributed by atoms with Crippen molar-refractivity contribution in [1.29, 1.82) is 0 Å². The fourth-order valence-corrected chi connectivity index (χ4v) is 1.95. The zero-order chi connectivity index (χ0) is 13.0. The third-order valence-electron chi connectivity index (χ3n) is 2.90. The van der Waals surface area contributed by atoms with E-state index in [-0.39, 0.29) is 0 Å². The number of anilines is 2. The highest BCUT2D eigenvalue weighted by molar-refractivity contribution is 6.30. The smallest absolute Gasteiger partial charge is 0.0406 e. The summed E-state index contributed by atoms with van der Waals surface area (Å²) < 4.78 is 0. The minimum absolute atomic E-state index is 0.776. The lowest BCUT2D eigenvalue weighted by Gasteiger charge is -2.10. The molecule has 3 heteroatoms. The molecule has 2 aromatic carbocycles. The molecule has 2 rings (SSSR count). The van der Waals surface area contributed by atoms with Gasteiger partial charge in [-0.3, -0.25) is 0 Å². The van der Waals surface area contributed by atoms with Crippen molar-refractivity contribution in [2.45, 2.75) is 13.3 Å². The van der Waals surface area contributed by atoms with E-state index < -0.39 is 0 Å². The Morgan fingerprint density at radius 1 is 1.11 bits per heavy atom. The van der Waals surface area contributed by atoms with Gasteiger partial charge in [0.2, 0.25) is 0 Å². The SMILES string of the molecule is Cc1ccc(N)cc1NCCc1ccc(Cl)cc1. The van der Waals surface area contributed by atoms with Crippen molar-refractivity contribution in [3.63, 3.8) is 0 Å². The second-order valence-corrected chi connectivity index (χ2v) is 4.81. The normalized spacial score (nSPS) is 10.3. The van der Waals surface area contributed by atoms with Gasteiger partial charge in [-0.15, -0.1) is 0 Å². The van der Waals surface area contributed by atoms with E-state index in [0.717, 1.165) is 29.4 Å². The van der Waals surface area contributed by atoms with Gasteiger partial charge in [0.25, 0.3) is 0 Å². The summed E-state index contributed by atoms with van der Waals surface area (Å²) >= 11 is 5.85. The number of nitrogens with two attached hydrogens (primary N) is 1. The summed E-state index contributed by atoms with van der Waals surface area (Å²) in [5, 5.41) is 4.18. The van der Waals surface area contributed by atoms with Gasteiger partial charge in [-0.2, -0.15) is 0 Å². The van der Waals surface area contributed by atoms with Crippen LogP contribution in [0.4, 0.5) is 11.4 Å². The van der Waals surface area contributed by atoms with E-state index in [1.54, 1.807) is 0 Å². The first-order valence-electron chi connectivity index (χ1n) is 5.99. The van der Waals surface area contributed by atoms with E-state index >= 15 is 0 Å². The Balaban J connectivity index is 1.92. The molecule has 0 fully saturated rings. The molecule has 0 bridgehead atoms. The first kappa shape index (κ1) is 12.8. The van der Waals surface area contributed by atoms with Gasteiger partial charge in [-0.25, -0.2) is 0 Å². The number of aryl methyl sites for hydroxylation is 1. The molecule has 0 saturated heterocycles. The monoisotopic (exact) mass is 260 g/mol. The number of rotatable bonds is 4. The second kappa shape index (κ2) is 5.78. The summed E-state index contributed by atoms with van der Waals surface area (Å²) in [6.07, 6.45) is 0.964. The van der Waals surface area contributed by atoms with Gasteiger partial charge in [0.15, 0.2) is 0 Å². The highest BCUT2D eigenvalue weighted by atomic mass is 35.5. The number of benzene rings is 2. The molecule has 0 spiro atoms. The average molecular weight is 261 g/mol. The molecule has 2 aromatic rings. The Labute approximate surface area is 113 Å². The number of hydrogen-bond donors (Lipinski definition) is 2.